The molecule has 2 rings (SSSR count). The van der Waals surface area contributed by atoms with Gasteiger partial charge in [-0.15, -0.1) is 0 Å². The normalized spacial score (nSPS) is 20.2. The lowest BCUT2D eigenvalue weighted by atomic mass is 10.1. The zero-order valence-electron chi connectivity index (χ0n) is 6.94. The van der Waals surface area contributed by atoms with Crippen molar-refractivity contribution in [2.75, 3.05) is 0 Å². The van der Waals surface area contributed by atoms with Crippen molar-refractivity contribution in [3.63, 3.8) is 0 Å². The van der Waals surface area contributed by atoms with Crippen LogP contribution >= 0.6 is 0 Å². The Kier molecular flexibility index (Phi) is 1.74. The van der Waals surface area contributed by atoms with Gasteiger partial charge in [-0.2, -0.15) is 0 Å². The van der Waals surface area contributed by atoms with E-state index in [4.69, 9.17) is 0 Å². The van der Waals surface area contributed by atoms with Crippen LogP contribution in [0.5, 0.6) is 0 Å². The zero-order valence-corrected chi connectivity index (χ0v) is 6.94. The minimum Gasteiger partial charge on any atom is -0.285 e. The minimum atomic E-state index is 0.275. The fourth-order valence-corrected chi connectivity index (χ4v) is 1.17. The van der Waals surface area contributed by atoms with Crippen molar-refractivity contribution in [3.05, 3.63) is 35.7 Å². The maximum atomic E-state index is 4.31. The van der Waals surface area contributed by atoms with Crippen molar-refractivity contribution in [3.8, 4) is 0 Å². The van der Waals surface area contributed by atoms with Crippen molar-refractivity contribution in [1.29, 1.82) is 0 Å². The number of nitrogens with zero attached hydrogens (tertiary/aromatic N) is 2. The van der Waals surface area contributed by atoms with E-state index in [9.17, 15) is 0 Å². The van der Waals surface area contributed by atoms with Crippen LogP contribution in [0.3, 0.4) is 0 Å². The summed E-state index contributed by atoms with van der Waals surface area (Å²) in [6.07, 6.45) is 9.69. The van der Waals surface area contributed by atoms with E-state index in [-0.39, 0.29) is 6.04 Å². The summed E-state index contributed by atoms with van der Waals surface area (Å²) in [7, 11) is 0. The highest BCUT2D eigenvalue weighted by atomic mass is 14.8. The molecule has 12 heavy (non-hydrogen) atoms. The van der Waals surface area contributed by atoms with Crippen LogP contribution in [0.25, 0.3) is 6.08 Å². The van der Waals surface area contributed by atoms with Gasteiger partial charge in [-0.25, -0.2) is 0 Å². The summed E-state index contributed by atoms with van der Waals surface area (Å²) in [5, 5.41) is 0. The third-order valence-corrected chi connectivity index (χ3v) is 1.89. The number of aliphatic imine (C=N–C) groups is 1. The van der Waals surface area contributed by atoms with Crippen molar-refractivity contribution >= 4 is 12.3 Å². The van der Waals surface area contributed by atoms with Crippen molar-refractivity contribution in [2.45, 2.75) is 13.0 Å². The molecular weight excluding hydrogens is 148 g/mol. The van der Waals surface area contributed by atoms with E-state index in [2.05, 4.69) is 29.1 Å². The van der Waals surface area contributed by atoms with E-state index in [1.807, 2.05) is 18.5 Å². The van der Waals surface area contributed by atoms with Gasteiger partial charge in [-0.05, 0) is 18.6 Å². The van der Waals surface area contributed by atoms with E-state index in [1.54, 1.807) is 6.20 Å². The molecule has 0 N–H and O–H groups in total. The molecule has 1 aliphatic rings. The number of hydrogen-bond acceptors (Lipinski definition) is 2. The molecule has 0 aromatic carbocycles. The second kappa shape index (κ2) is 2.89. The maximum Gasteiger partial charge on any atom is 0.0655 e. The zero-order chi connectivity index (χ0) is 8.39. The van der Waals surface area contributed by atoms with E-state index in [0.29, 0.717) is 0 Å². The maximum absolute atomic E-state index is 4.31. The standard InChI is InChI=1S/C10H10N2/c1-8-2-3-9-4-5-11-6-10(9)7-12-8/h2-8H,1H3/t8-/m1/s1. The van der Waals surface area contributed by atoms with E-state index in [1.165, 1.54) is 5.56 Å². The Morgan fingerprint density at radius 2 is 2.25 bits per heavy atom. The Morgan fingerprint density at radius 3 is 3.17 bits per heavy atom. The average Bonchev–Trinajstić information content (AvgIpc) is 2.29. The van der Waals surface area contributed by atoms with Gasteiger partial charge in [0, 0.05) is 24.2 Å². The number of rotatable bonds is 0. The molecule has 1 aliphatic heterocycles. The van der Waals surface area contributed by atoms with Gasteiger partial charge in [-0.1, -0.05) is 12.2 Å². The van der Waals surface area contributed by atoms with Crippen LogP contribution in [0.15, 0.2) is 29.5 Å². The highest BCUT2D eigenvalue weighted by Gasteiger charge is 2.01. The van der Waals surface area contributed by atoms with Crippen LogP contribution in [0.1, 0.15) is 18.1 Å². The molecule has 0 bridgehead atoms. The van der Waals surface area contributed by atoms with E-state index in [0.717, 1.165) is 5.56 Å². The molecule has 0 radical (unpaired) electrons. The summed E-state index contributed by atoms with van der Waals surface area (Å²) in [5.41, 5.74) is 2.29. The van der Waals surface area contributed by atoms with Gasteiger partial charge in [-0.3, -0.25) is 9.98 Å². The molecule has 0 saturated carbocycles. The summed E-state index contributed by atoms with van der Waals surface area (Å²) in [6, 6.07) is 2.27. The molecule has 0 spiro atoms. The van der Waals surface area contributed by atoms with Gasteiger partial charge < -0.3 is 0 Å². The summed E-state index contributed by atoms with van der Waals surface area (Å²) in [5.74, 6) is 0. The van der Waals surface area contributed by atoms with Gasteiger partial charge in [0.05, 0.1) is 6.04 Å². The first kappa shape index (κ1) is 7.22. The van der Waals surface area contributed by atoms with Crippen molar-refractivity contribution in [1.82, 2.24) is 4.98 Å². The van der Waals surface area contributed by atoms with Crippen LogP contribution in [0.4, 0.5) is 0 Å². The predicted octanol–water partition coefficient (Wildman–Crippen LogP) is 1.92. The molecule has 2 nitrogen and oxygen atoms in total. The van der Waals surface area contributed by atoms with Gasteiger partial charge >= 0.3 is 0 Å². The number of aromatic nitrogens is 1. The minimum absolute atomic E-state index is 0.275. The van der Waals surface area contributed by atoms with Crippen LogP contribution in [-0.2, 0) is 0 Å². The van der Waals surface area contributed by atoms with E-state index >= 15 is 0 Å². The van der Waals surface area contributed by atoms with Crippen molar-refractivity contribution < 1.29 is 0 Å². The molecule has 1 atom stereocenters. The first-order chi connectivity index (χ1) is 5.86. The Balaban J connectivity index is 2.52. The average molecular weight is 158 g/mol. The lowest BCUT2D eigenvalue weighted by Gasteiger charge is -1.94. The van der Waals surface area contributed by atoms with Crippen LogP contribution in [-0.4, -0.2) is 17.2 Å². The van der Waals surface area contributed by atoms with Gasteiger partial charge in [0.1, 0.15) is 0 Å². The predicted molar refractivity (Wildman–Crippen MR) is 50.3 cm³/mol. The third-order valence-electron chi connectivity index (χ3n) is 1.89. The SMILES string of the molecule is C[C@@H]1C=Cc2ccncc2C=N1. The first-order valence-corrected chi connectivity index (χ1v) is 4.01. The molecule has 1 aromatic rings. The van der Waals surface area contributed by atoms with Crippen LogP contribution in [0, 0.1) is 0 Å². The van der Waals surface area contributed by atoms with Gasteiger partial charge in [0.2, 0.25) is 0 Å². The molecular formula is C10H10N2. The largest absolute Gasteiger partial charge is 0.285 e. The number of pyridine rings is 1. The molecule has 0 unspecified atom stereocenters. The number of fused-ring (bicyclic) bond motifs is 1. The van der Waals surface area contributed by atoms with Crippen LogP contribution in [0.2, 0.25) is 0 Å². The lowest BCUT2D eigenvalue weighted by Crippen LogP contribution is -1.90. The quantitative estimate of drug-likeness (QED) is 0.566. The summed E-state index contributed by atoms with van der Waals surface area (Å²) in [4.78, 5) is 8.35. The fourth-order valence-electron chi connectivity index (χ4n) is 1.17. The Labute approximate surface area is 71.7 Å². The van der Waals surface area contributed by atoms with Gasteiger partial charge in [0.25, 0.3) is 0 Å². The lowest BCUT2D eigenvalue weighted by molar-refractivity contribution is 0.940. The molecule has 1 aromatic heterocycles. The second-order valence-corrected chi connectivity index (χ2v) is 2.88. The smallest absolute Gasteiger partial charge is 0.0655 e. The summed E-state index contributed by atoms with van der Waals surface area (Å²) < 4.78 is 0. The first-order valence-electron chi connectivity index (χ1n) is 4.01. The topological polar surface area (TPSA) is 25.2 Å². The highest BCUT2D eigenvalue weighted by Crippen LogP contribution is 2.11. The molecule has 0 saturated heterocycles. The van der Waals surface area contributed by atoms with Crippen molar-refractivity contribution in [2.24, 2.45) is 4.99 Å². The second-order valence-electron chi connectivity index (χ2n) is 2.88. The summed E-state index contributed by atoms with van der Waals surface area (Å²) >= 11 is 0. The Hall–Kier alpha value is -1.44. The molecule has 60 valence electrons. The van der Waals surface area contributed by atoms with Gasteiger partial charge in [0.15, 0.2) is 0 Å². The molecule has 0 fully saturated rings. The molecule has 2 heteroatoms. The molecule has 0 amide bonds. The highest BCUT2D eigenvalue weighted by molar-refractivity contribution is 5.86. The molecule has 0 aliphatic carbocycles. The Morgan fingerprint density at radius 1 is 1.33 bits per heavy atom. The fraction of sp³-hybridized carbons (Fsp3) is 0.200. The Bertz CT molecular complexity index is 306. The van der Waals surface area contributed by atoms with E-state index < -0.39 is 0 Å². The monoisotopic (exact) mass is 158 g/mol. The number of hydrogen-bond donors (Lipinski definition) is 0. The molecule has 2 heterocycles. The van der Waals surface area contributed by atoms with Crippen LogP contribution < -0.4 is 0 Å². The summed E-state index contributed by atoms with van der Waals surface area (Å²) in [6.45, 7) is 2.06. The third kappa shape index (κ3) is 1.28.